The number of amides is 1. The molecule has 0 unspecified atom stereocenters. The second kappa shape index (κ2) is 8.73. The van der Waals surface area contributed by atoms with Crippen LogP contribution >= 0.6 is 0 Å². The maximum absolute atomic E-state index is 11.8. The Bertz CT molecular complexity index is 635. The van der Waals surface area contributed by atoms with E-state index in [1.807, 2.05) is 49.4 Å². The van der Waals surface area contributed by atoms with E-state index in [9.17, 15) is 9.59 Å². The molecule has 0 fully saturated rings. The molecule has 2 aromatic carbocycles. The van der Waals surface area contributed by atoms with Gasteiger partial charge in [-0.2, -0.15) is 0 Å². The summed E-state index contributed by atoms with van der Waals surface area (Å²) in [6.07, 6.45) is 0.853. The number of aryl methyl sites for hydroxylation is 1. The number of hydrogen-bond donors (Lipinski definition) is 1. The summed E-state index contributed by atoms with van der Waals surface area (Å²) in [7, 11) is 0. The van der Waals surface area contributed by atoms with E-state index in [0.29, 0.717) is 24.9 Å². The summed E-state index contributed by atoms with van der Waals surface area (Å²) in [6.45, 7) is 2.72. The van der Waals surface area contributed by atoms with Crippen molar-refractivity contribution in [2.45, 2.75) is 26.3 Å². The maximum Gasteiger partial charge on any atom is 0.338 e. The van der Waals surface area contributed by atoms with Crippen LogP contribution in [0.25, 0.3) is 0 Å². The Labute approximate surface area is 136 Å². The van der Waals surface area contributed by atoms with Gasteiger partial charge in [0.1, 0.15) is 0 Å². The molecule has 0 aliphatic rings. The lowest BCUT2D eigenvalue weighted by Crippen LogP contribution is -2.22. The minimum Gasteiger partial charge on any atom is -0.462 e. The Kier molecular flexibility index (Phi) is 6.36. The van der Waals surface area contributed by atoms with Gasteiger partial charge in [0.2, 0.25) is 5.91 Å². The van der Waals surface area contributed by atoms with Crippen LogP contribution < -0.4 is 5.32 Å². The van der Waals surface area contributed by atoms with E-state index in [2.05, 4.69) is 5.32 Å². The highest BCUT2D eigenvalue weighted by atomic mass is 16.5. The van der Waals surface area contributed by atoms with Crippen molar-refractivity contribution in [3.8, 4) is 0 Å². The Morgan fingerprint density at radius 2 is 1.70 bits per heavy atom. The molecule has 4 heteroatoms. The molecular formula is C19H21NO3. The van der Waals surface area contributed by atoms with Crippen molar-refractivity contribution >= 4 is 11.9 Å². The minimum atomic E-state index is -0.352. The summed E-state index contributed by atoms with van der Waals surface area (Å²) < 4.78 is 5.16. The van der Waals surface area contributed by atoms with Gasteiger partial charge < -0.3 is 10.1 Å². The molecule has 0 saturated carbocycles. The fourth-order valence-corrected chi connectivity index (χ4v) is 2.06. The van der Waals surface area contributed by atoms with Crippen LogP contribution in [0.1, 0.15) is 34.3 Å². The second-order valence-corrected chi connectivity index (χ2v) is 5.37. The van der Waals surface area contributed by atoms with Crippen molar-refractivity contribution in [3.63, 3.8) is 0 Å². The average Bonchev–Trinajstić information content (AvgIpc) is 2.58. The zero-order valence-electron chi connectivity index (χ0n) is 13.2. The molecule has 1 amide bonds. The van der Waals surface area contributed by atoms with Gasteiger partial charge in [-0.05, 0) is 31.0 Å². The Balaban J connectivity index is 1.62. The maximum atomic E-state index is 11.8. The van der Waals surface area contributed by atoms with Crippen LogP contribution in [0.2, 0.25) is 0 Å². The van der Waals surface area contributed by atoms with Gasteiger partial charge in [-0.1, -0.05) is 48.0 Å². The summed E-state index contributed by atoms with van der Waals surface area (Å²) in [5, 5.41) is 2.85. The Morgan fingerprint density at radius 1 is 1.00 bits per heavy atom. The van der Waals surface area contributed by atoms with Gasteiger partial charge in [-0.15, -0.1) is 0 Å². The minimum absolute atomic E-state index is 0.0414. The quantitative estimate of drug-likeness (QED) is 0.631. The molecule has 0 spiro atoms. The summed E-state index contributed by atoms with van der Waals surface area (Å²) in [5.74, 6) is -0.394. The third-order valence-corrected chi connectivity index (χ3v) is 3.40. The van der Waals surface area contributed by atoms with Gasteiger partial charge in [-0.25, -0.2) is 4.79 Å². The topological polar surface area (TPSA) is 55.4 Å². The third-order valence-electron chi connectivity index (χ3n) is 3.40. The highest BCUT2D eigenvalue weighted by Gasteiger charge is 2.07. The molecule has 0 aliphatic carbocycles. The highest BCUT2D eigenvalue weighted by Crippen LogP contribution is 2.05. The fourth-order valence-electron chi connectivity index (χ4n) is 2.06. The van der Waals surface area contributed by atoms with Gasteiger partial charge in [0.05, 0.1) is 12.2 Å². The molecule has 2 rings (SSSR count). The SMILES string of the molecule is Cc1ccc(C(=O)OCCCC(=O)NCc2ccccc2)cc1. The van der Waals surface area contributed by atoms with Crippen LogP contribution in [0.5, 0.6) is 0 Å². The van der Waals surface area contributed by atoms with Crippen LogP contribution in [0, 0.1) is 6.92 Å². The molecule has 0 radical (unpaired) electrons. The molecule has 120 valence electrons. The zero-order valence-corrected chi connectivity index (χ0v) is 13.2. The molecule has 23 heavy (non-hydrogen) atoms. The standard InChI is InChI=1S/C19H21NO3/c1-15-9-11-17(12-10-15)19(22)23-13-5-8-18(21)20-14-16-6-3-2-4-7-16/h2-4,6-7,9-12H,5,8,13-14H2,1H3,(H,20,21). The lowest BCUT2D eigenvalue weighted by molar-refractivity contribution is -0.121. The first-order valence-corrected chi connectivity index (χ1v) is 7.69. The molecule has 0 bridgehead atoms. The van der Waals surface area contributed by atoms with E-state index >= 15 is 0 Å². The number of benzene rings is 2. The van der Waals surface area contributed by atoms with Gasteiger partial charge in [0.25, 0.3) is 0 Å². The van der Waals surface area contributed by atoms with Crippen molar-refractivity contribution < 1.29 is 14.3 Å². The van der Waals surface area contributed by atoms with Gasteiger partial charge in [-0.3, -0.25) is 4.79 Å². The molecule has 0 heterocycles. The number of rotatable bonds is 7. The van der Waals surface area contributed by atoms with Crippen molar-refractivity contribution in [1.82, 2.24) is 5.32 Å². The Morgan fingerprint density at radius 3 is 2.39 bits per heavy atom. The summed E-state index contributed by atoms with van der Waals surface area (Å²) >= 11 is 0. The van der Waals surface area contributed by atoms with Gasteiger partial charge in [0.15, 0.2) is 0 Å². The molecule has 1 N–H and O–H groups in total. The third kappa shape index (κ3) is 5.94. The van der Waals surface area contributed by atoms with Crippen LogP contribution in [0.3, 0.4) is 0 Å². The highest BCUT2D eigenvalue weighted by molar-refractivity contribution is 5.89. The molecule has 4 nitrogen and oxygen atoms in total. The van der Waals surface area contributed by atoms with Gasteiger partial charge >= 0.3 is 5.97 Å². The van der Waals surface area contributed by atoms with Crippen molar-refractivity contribution in [2.24, 2.45) is 0 Å². The monoisotopic (exact) mass is 311 g/mol. The van der Waals surface area contributed by atoms with Crippen LogP contribution in [-0.4, -0.2) is 18.5 Å². The smallest absolute Gasteiger partial charge is 0.338 e. The number of nitrogens with one attached hydrogen (secondary N) is 1. The van der Waals surface area contributed by atoms with E-state index in [4.69, 9.17) is 4.74 Å². The van der Waals surface area contributed by atoms with Crippen LogP contribution in [0.4, 0.5) is 0 Å². The first kappa shape index (κ1) is 16.7. The lowest BCUT2D eigenvalue weighted by atomic mass is 10.1. The van der Waals surface area contributed by atoms with Crippen LogP contribution in [0.15, 0.2) is 54.6 Å². The van der Waals surface area contributed by atoms with Crippen molar-refractivity contribution in [1.29, 1.82) is 0 Å². The predicted molar refractivity (Wildman–Crippen MR) is 89.0 cm³/mol. The van der Waals surface area contributed by atoms with E-state index in [1.54, 1.807) is 12.1 Å². The second-order valence-electron chi connectivity index (χ2n) is 5.37. The fraction of sp³-hybridized carbons (Fsp3) is 0.263. The van der Waals surface area contributed by atoms with Gasteiger partial charge in [0, 0.05) is 13.0 Å². The normalized spacial score (nSPS) is 10.1. The van der Waals surface area contributed by atoms with Crippen molar-refractivity contribution in [3.05, 3.63) is 71.3 Å². The number of ether oxygens (including phenoxy) is 1. The molecule has 0 atom stereocenters. The summed E-state index contributed by atoms with van der Waals surface area (Å²) in [4.78, 5) is 23.5. The summed E-state index contributed by atoms with van der Waals surface area (Å²) in [5.41, 5.74) is 2.69. The van der Waals surface area contributed by atoms with Crippen LogP contribution in [-0.2, 0) is 16.1 Å². The zero-order chi connectivity index (χ0) is 16.5. The van der Waals surface area contributed by atoms with E-state index in [1.165, 1.54) is 0 Å². The van der Waals surface area contributed by atoms with E-state index < -0.39 is 0 Å². The number of carbonyl (C=O) groups is 2. The molecular weight excluding hydrogens is 290 g/mol. The molecule has 2 aromatic rings. The lowest BCUT2D eigenvalue weighted by Gasteiger charge is -2.06. The van der Waals surface area contributed by atoms with E-state index in [0.717, 1.165) is 11.1 Å². The first-order valence-electron chi connectivity index (χ1n) is 7.69. The van der Waals surface area contributed by atoms with E-state index in [-0.39, 0.29) is 18.5 Å². The van der Waals surface area contributed by atoms with Crippen molar-refractivity contribution in [2.75, 3.05) is 6.61 Å². The molecule has 0 aromatic heterocycles. The average molecular weight is 311 g/mol. The number of hydrogen-bond acceptors (Lipinski definition) is 3. The first-order chi connectivity index (χ1) is 11.1. The molecule has 0 saturated heterocycles. The summed E-state index contributed by atoms with van der Waals surface area (Å²) in [6, 6.07) is 17.0. The molecule has 0 aliphatic heterocycles. The number of esters is 1. The number of carbonyl (C=O) groups excluding carboxylic acids is 2. The predicted octanol–water partition coefficient (Wildman–Crippen LogP) is 3.25. The Hall–Kier alpha value is -2.62. The largest absolute Gasteiger partial charge is 0.462 e.